The van der Waals surface area contributed by atoms with E-state index in [1.807, 2.05) is 19.1 Å². The maximum Gasteiger partial charge on any atom is 0.0830 e. The van der Waals surface area contributed by atoms with Crippen LogP contribution in [0.15, 0.2) is 24.5 Å². The second-order valence-electron chi connectivity index (χ2n) is 3.44. The van der Waals surface area contributed by atoms with E-state index in [9.17, 15) is 5.26 Å². The van der Waals surface area contributed by atoms with E-state index in [2.05, 4.69) is 17.1 Å². The molecule has 0 aromatic carbocycles. The van der Waals surface area contributed by atoms with Crippen molar-refractivity contribution in [1.82, 2.24) is 4.98 Å². The average molecular weight is 199 g/mol. The van der Waals surface area contributed by atoms with Crippen molar-refractivity contribution in [2.45, 2.75) is 31.6 Å². The van der Waals surface area contributed by atoms with Crippen LogP contribution in [0.1, 0.15) is 31.7 Å². The van der Waals surface area contributed by atoms with Crippen molar-refractivity contribution in [1.29, 1.82) is 10.5 Å². The predicted molar refractivity (Wildman–Crippen MR) is 56.7 cm³/mol. The Bertz CT molecular complexity index is 386. The molecule has 0 saturated carbocycles. The molecule has 1 aromatic heterocycles. The van der Waals surface area contributed by atoms with E-state index in [0.717, 1.165) is 12.0 Å². The fraction of sp³-hybridized carbons (Fsp3) is 0.417. The largest absolute Gasteiger partial charge is 0.265 e. The molecule has 1 heterocycles. The molecule has 0 saturated heterocycles. The molecule has 0 bridgehead atoms. The maximum atomic E-state index is 9.28. The Morgan fingerprint density at radius 1 is 1.33 bits per heavy atom. The number of aromatic nitrogens is 1. The number of pyridine rings is 1. The van der Waals surface area contributed by atoms with Crippen molar-refractivity contribution < 1.29 is 0 Å². The van der Waals surface area contributed by atoms with Gasteiger partial charge < -0.3 is 0 Å². The summed E-state index contributed by atoms with van der Waals surface area (Å²) in [7, 11) is 0. The molecule has 0 spiro atoms. The van der Waals surface area contributed by atoms with Gasteiger partial charge in [-0.15, -0.1) is 0 Å². The first-order chi connectivity index (χ1) is 7.29. The minimum atomic E-state index is -0.529. The molecule has 0 radical (unpaired) electrons. The Morgan fingerprint density at radius 2 is 2.00 bits per heavy atom. The van der Waals surface area contributed by atoms with Gasteiger partial charge >= 0.3 is 0 Å². The first-order valence-corrected chi connectivity index (χ1v) is 4.98. The molecule has 3 nitrogen and oxygen atoms in total. The highest BCUT2D eigenvalue weighted by molar-refractivity contribution is 5.30. The van der Waals surface area contributed by atoms with Crippen LogP contribution in [0.3, 0.4) is 0 Å². The number of nitriles is 2. The molecule has 1 rings (SSSR count). The highest BCUT2D eigenvalue weighted by Crippen LogP contribution is 2.31. The van der Waals surface area contributed by atoms with Crippen LogP contribution in [0.5, 0.6) is 0 Å². The summed E-state index contributed by atoms with van der Waals surface area (Å²) in [4.78, 5) is 3.93. The summed E-state index contributed by atoms with van der Waals surface area (Å²) in [5.41, 5.74) is 0.427. The molecule has 1 unspecified atom stereocenters. The molecule has 1 aromatic rings. The second-order valence-corrected chi connectivity index (χ2v) is 3.44. The van der Waals surface area contributed by atoms with Gasteiger partial charge in [0.2, 0.25) is 0 Å². The molecule has 0 amide bonds. The van der Waals surface area contributed by atoms with Crippen molar-refractivity contribution in [2.75, 3.05) is 0 Å². The molecular weight excluding hydrogens is 186 g/mol. The highest BCUT2D eigenvalue weighted by atomic mass is 14.6. The van der Waals surface area contributed by atoms with Gasteiger partial charge in [-0.2, -0.15) is 10.5 Å². The van der Waals surface area contributed by atoms with Gasteiger partial charge in [-0.1, -0.05) is 6.92 Å². The summed E-state index contributed by atoms with van der Waals surface area (Å²) in [6.07, 6.45) is 5.08. The topological polar surface area (TPSA) is 60.5 Å². The van der Waals surface area contributed by atoms with E-state index in [1.165, 1.54) is 0 Å². The van der Waals surface area contributed by atoms with Crippen molar-refractivity contribution in [3.63, 3.8) is 0 Å². The zero-order valence-corrected chi connectivity index (χ0v) is 8.77. The van der Waals surface area contributed by atoms with Gasteiger partial charge in [0.25, 0.3) is 0 Å². The number of rotatable bonds is 4. The van der Waals surface area contributed by atoms with Crippen LogP contribution in [0.25, 0.3) is 0 Å². The Balaban J connectivity index is 3.03. The number of nitrogens with zero attached hydrogens (tertiary/aromatic N) is 3. The number of hydrogen-bond donors (Lipinski definition) is 0. The van der Waals surface area contributed by atoms with Crippen molar-refractivity contribution in [3.05, 3.63) is 30.1 Å². The molecule has 76 valence electrons. The van der Waals surface area contributed by atoms with E-state index < -0.39 is 5.41 Å². The molecule has 0 N–H and O–H groups in total. The van der Waals surface area contributed by atoms with Crippen molar-refractivity contribution in [3.8, 4) is 12.1 Å². The monoisotopic (exact) mass is 199 g/mol. The number of hydrogen-bond acceptors (Lipinski definition) is 3. The third-order valence-corrected chi connectivity index (χ3v) is 2.71. The van der Waals surface area contributed by atoms with Gasteiger partial charge in [0.1, 0.15) is 0 Å². The summed E-state index contributed by atoms with van der Waals surface area (Å²) >= 11 is 0. The van der Waals surface area contributed by atoms with E-state index in [4.69, 9.17) is 5.26 Å². The van der Waals surface area contributed by atoms with Gasteiger partial charge in [0, 0.05) is 18.8 Å². The highest BCUT2D eigenvalue weighted by Gasteiger charge is 2.29. The quantitative estimate of drug-likeness (QED) is 0.748. The van der Waals surface area contributed by atoms with Gasteiger partial charge in [0.15, 0.2) is 0 Å². The standard InChI is InChI=1S/C12H13N3/c1-2-12(10-14,6-3-7-13)11-4-8-15-9-5-11/h4-5,8-9H,2-3,6H2,1H3. The Labute approximate surface area is 90.0 Å². The fourth-order valence-electron chi connectivity index (χ4n) is 1.66. The zero-order chi connectivity index (χ0) is 11.1. The molecule has 0 aliphatic heterocycles. The van der Waals surface area contributed by atoms with Gasteiger partial charge in [-0.3, -0.25) is 4.98 Å². The molecule has 0 fully saturated rings. The Kier molecular flexibility index (Phi) is 3.83. The van der Waals surface area contributed by atoms with Gasteiger partial charge in [0.05, 0.1) is 17.6 Å². The second kappa shape index (κ2) is 5.12. The lowest BCUT2D eigenvalue weighted by molar-refractivity contribution is 0.492. The van der Waals surface area contributed by atoms with E-state index in [-0.39, 0.29) is 0 Å². The van der Waals surface area contributed by atoms with Gasteiger partial charge in [-0.25, -0.2) is 0 Å². The summed E-state index contributed by atoms with van der Waals surface area (Å²) < 4.78 is 0. The fourth-order valence-corrected chi connectivity index (χ4v) is 1.66. The first kappa shape index (κ1) is 11.2. The summed E-state index contributed by atoms with van der Waals surface area (Å²) in [6, 6.07) is 8.13. The van der Waals surface area contributed by atoms with Crippen molar-refractivity contribution in [2.24, 2.45) is 0 Å². The van der Waals surface area contributed by atoms with Crippen LogP contribution < -0.4 is 0 Å². The minimum Gasteiger partial charge on any atom is -0.265 e. The van der Waals surface area contributed by atoms with Crippen LogP contribution in [0.2, 0.25) is 0 Å². The first-order valence-electron chi connectivity index (χ1n) is 4.98. The summed E-state index contributed by atoms with van der Waals surface area (Å²) in [6.45, 7) is 1.97. The Hall–Kier alpha value is -1.87. The summed E-state index contributed by atoms with van der Waals surface area (Å²) in [5.74, 6) is 0. The predicted octanol–water partition coefficient (Wildman–Crippen LogP) is 2.56. The summed E-state index contributed by atoms with van der Waals surface area (Å²) in [5, 5.41) is 17.9. The van der Waals surface area contributed by atoms with E-state index in [1.54, 1.807) is 12.4 Å². The zero-order valence-electron chi connectivity index (χ0n) is 8.77. The van der Waals surface area contributed by atoms with Crippen LogP contribution in [0, 0.1) is 22.7 Å². The molecular formula is C12H13N3. The maximum absolute atomic E-state index is 9.28. The van der Waals surface area contributed by atoms with Crippen LogP contribution in [-0.4, -0.2) is 4.98 Å². The molecule has 0 aliphatic carbocycles. The lowest BCUT2D eigenvalue weighted by Crippen LogP contribution is -2.22. The molecule has 1 atom stereocenters. The average Bonchev–Trinajstić information content (AvgIpc) is 2.33. The third kappa shape index (κ3) is 2.33. The van der Waals surface area contributed by atoms with Gasteiger partial charge in [-0.05, 0) is 30.5 Å². The van der Waals surface area contributed by atoms with Crippen LogP contribution in [0.4, 0.5) is 0 Å². The van der Waals surface area contributed by atoms with Crippen LogP contribution >= 0.6 is 0 Å². The van der Waals surface area contributed by atoms with E-state index >= 15 is 0 Å². The molecule has 0 aliphatic rings. The lowest BCUT2D eigenvalue weighted by atomic mass is 9.76. The molecule has 15 heavy (non-hydrogen) atoms. The normalized spacial score (nSPS) is 13.5. The smallest absolute Gasteiger partial charge is 0.0830 e. The minimum absolute atomic E-state index is 0.406. The lowest BCUT2D eigenvalue weighted by Gasteiger charge is -2.24. The third-order valence-electron chi connectivity index (χ3n) is 2.71. The molecule has 3 heteroatoms. The van der Waals surface area contributed by atoms with Crippen molar-refractivity contribution >= 4 is 0 Å². The van der Waals surface area contributed by atoms with Crippen LogP contribution in [-0.2, 0) is 5.41 Å². The SMILES string of the molecule is CCC(C#N)(CCC#N)c1ccncc1. The van der Waals surface area contributed by atoms with E-state index in [0.29, 0.717) is 12.8 Å². The Morgan fingerprint density at radius 3 is 2.47 bits per heavy atom.